The first kappa shape index (κ1) is 15.5. The third-order valence-corrected chi connectivity index (χ3v) is 3.28. The molecule has 9 nitrogen and oxygen atoms in total. The molecule has 2 amide bonds. The van der Waals surface area contributed by atoms with E-state index in [1.165, 1.54) is 12.1 Å². The number of thioether (sulfide) groups is 1. The van der Waals surface area contributed by atoms with Gasteiger partial charge in [0, 0.05) is 11.3 Å². The first-order valence-electron chi connectivity index (χ1n) is 6.03. The van der Waals surface area contributed by atoms with Gasteiger partial charge >= 0.3 is 0 Å². The molecular formula is C12H13N7O2S. The second-order valence-electron chi connectivity index (χ2n) is 4.11. The number of hydrogen-bond acceptors (Lipinski definition) is 8. The second-order valence-corrected chi connectivity index (χ2v) is 5.06. The van der Waals surface area contributed by atoms with E-state index in [0.29, 0.717) is 11.3 Å². The van der Waals surface area contributed by atoms with Crippen molar-refractivity contribution in [2.45, 2.75) is 5.16 Å². The Kier molecular flexibility index (Phi) is 4.73. The number of primary amides is 1. The summed E-state index contributed by atoms with van der Waals surface area (Å²) in [5.74, 6) is -0.733. The van der Waals surface area contributed by atoms with Gasteiger partial charge in [-0.25, -0.2) is 0 Å². The highest BCUT2D eigenvalue weighted by atomic mass is 32.2. The Hall–Kier alpha value is -2.88. The number of nitrogens with one attached hydrogen (secondary N) is 1. The molecule has 0 aliphatic heterocycles. The molecule has 2 rings (SSSR count). The van der Waals surface area contributed by atoms with Gasteiger partial charge in [0.2, 0.25) is 23.7 Å². The summed E-state index contributed by atoms with van der Waals surface area (Å²) in [7, 11) is 0. The lowest BCUT2D eigenvalue weighted by Gasteiger charge is -2.05. The zero-order valence-corrected chi connectivity index (χ0v) is 12.1. The highest BCUT2D eigenvalue weighted by Crippen LogP contribution is 2.15. The van der Waals surface area contributed by atoms with Crippen LogP contribution in [0.15, 0.2) is 29.4 Å². The maximum atomic E-state index is 11.8. The number of benzene rings is 1. The average molecular weight is 319 g/mol. The third-order valence-electron chi connectivity index (χ3n) is 2.44. The van der Waals surface area contributed by atoms with Crippen LogP contribution in [0.25, 0.3) is 0 Å². The van der Waals surface area contributed by atoms with E-state index in [1.54, 1.807) is 12.1 Å². The number of anilines is 3. The molecule has 114 valence electrons. The number of aromatic nitrogens is 3. The Morgan fingerprint density at radius 1 is 1.05 bits per heavy atom. The van der Waals surface area contributed by atoms with Crippen molar-refractivity contribution >= 4 is 41.2 Å². The molecule has 10 heteroatoms. The van der Waals surface area contributed by atoms with Gasteiger partial charge in [-0.15, -0.1) is 0 Å². The molecule has 0 aliphatic rings. The van der Waals surface area contributed by atoms with Gasteiger partial charge in [0.25, 0.3) is 0 Å². The largest absolute Gasteiger partial charge is 0.368 e. The minimum atomic E-state index is -0.529. The van der Waals surface area contributed by atoms with Crippen molar-refractivity contribution in [1.82, 2.24) is 15.0 Å². The molecule has 0 bridgehead atoms. The summed E-state index contributed by atoms with van der Waals surface area (Å²) in [4.78, 5) is 34.1. The SMILES string of the molecule is NC(=O)c1ccc(NC(=O)CSc2nc(N)nc(N)n2)cc1. The zero-order valence-electron chi connectivity index (χ0n) is 11.3. The van der Waals surface area contributed by atoms with Crippen molar-refractivity contribution in [3.63, 3.8) is 0 Å². The van der Waals surface area contributed by atoms with Gasteiger partial charge in [0.15, 0.2) is 5.16 Å². The lowest BCUT2D eigenvalue weighted by molar-refractivity contribution is -0.113. The van der Waals surface area contributed by atoms with E-state index in [2.05, 4.69) is 20.3 Å². The molecule has 0 atom stereocenters. The number of nitrogens with zero attached hydrogens (tertiary/aromatic N) is 3. The van der Waals surface area contributed by atoms with Gasteiger partial charge in [0.1, 0.15) is 0 Å². The quantitative estimate of drug-likeness (QED) is 0.553. The normalized spacial score (nSPS) is 10.2. The van der Waals surface area contributed by atoms with E-state index in [9.17, 15) is 9.59 Å². The van der Waals surface area contributed by atoms with Crippen molar-refractivity contribution in [3.8, 4) is 0 Å². The number of rotatable bonds is 5. The maximum absolute atomic E-state index is 11.8. The number of amides is 2. The van der Waals surface area contributed by atoms with Crippen molar-refractivity contribution in [2.24, 2.45) is 5.73 Å². The molecule has 1 aromatic heterocycles. The molecule has 0 aliphatic carbocycles. The van der Waals surface area contributed by atoms with Gasteiger partial charge in [-0.3, -0.25) is 9.59 Å². The fourth-order valence-electron chi connectivity index (χ4n) is 1.50. The Bertz CT molecular complexity index is 685. The number of hydrogen-bond donors (Lipinski definition) is 4. The molecule has 0 saturated heterocycles. The molecule has 0 spiro atoms. The Morgan fingerprint density at radius 2 is 1.64 bits per heavy atom. The van der Waals surface area contributed by atoms with Crippen LogP contribution in [0.4, 0.5) is 17.6 Å². The van der Waals surface area contributed by atoms with Crippen molar-refractivity contribution in [1.29, 1.82) is 0 Å². The van der Waals surface area contributed by atoms with Gasteiger partial charge in [-0.05, 0) is 24.3 Å². The van der Waals surface area contributed by atoms with E-state index >= 15 is 0 Å². The Labute approximate surface area is 129 Å². The third kappa shape index (κ3) is 4.31. The van der Waals surface area contributed by atoms with E-state index in [-0.39, 0.29) is 28.7 Å². The van der Waals surface area contributed by atoms with Gasteiger partial charge in [-0.2, -0.15) is 15.0 Å². The van der Waals surface area contributed by atoms with Crippen LogP contribution >= 0.6 is 11.8 Å². The van der Waals surface area contributed by atoms with Gasteiger partial charge < -0.3 is 22.5 Å². The Balaban J connectivity index is 1.91. The fraction of sp³-hybridized carbons (Fsp3) is 0.0833. The summed E-state index contributed by atoms with van der Waals surface area (Å²) >= 11 is 1.08. The van der Waals surface area contributed by atoms with Crippen LogP contribution in [-0.4, -0.2) is 32.5 Å². The molecule has 1 heterocycles. The summed E-state index contributed by atoms with van der Waals surface area (Å²) in [6, 6.07) is 6.22. The minimum Gasteiger partial charge on any atom is -0.368 e. The molecule has 0 radical (unpaired) electrons. The topological polar surface area (TPSA) is 163 Å². The monoisotopic (exact) mass is 319 g/mol. The second kappa shape index (κ2) is 6.72. The highest BCUT2D eigenvalue weighted by Gasteiger charge is 2.08. The van der Waals surface area contributed by atoms with Crippen LogP contribution in [-0.2, 0) is 4.79 Å². The summed E-state index contributed by atoms with van der Waals surface area (Å²) in [6.07, 6.45) is 0. The lowest BCUT2D eigenvalue weighted by Crippen LogP contribution is -2.15. The first-order valence-corrected chi connectivity index (χ1v) is 7.02. The van der Waals surface area contributed by atoms with Crippen molar-refractivity contribution in [3.05, 3.63) is 29.8 Å². The number of carbonyl (C=O) groups is 2. The molecule has 0 fully saturated rings. The van der Waals surface area contributed by atoms with Crippen LogP contribution in [0.3, 0.4) is 0 Å². The predicted octanol–water partition coefficient (Wildman–Crippen LogP) is -0.134. The average Bonchev–Trinajstić information content (AvgIpc) is 2.45. The first-order chi connectivity index (χ1) is 10.4. The summed E-state index contributed by atoms with van der Waals surface area (Å²) in [6.45, 7) is 0. The molecule has 7 N–H and O–H groups in total. The van der Waals surface area contributed by atoms with Crippen LogP contribution in [0.2, 0.25) is 0 Å². The van der Waals surface area contributed by atoms with E-state index in [1.807, 2.05) is 0 Å². The highest BCUT2D eigenvalue weighted by molar-refractivity contribution is 7.99. The van der Waals surface area contributed by atoms with E-state index < -0.39 is 5.91 Å². The smallest absolute Gasteiger partial charge is 0.248 e. The summed E-state index contributed by atoms with van der Waals surface area (Å²) in [5, 5.41) is 2.93. The van der Waals surface area contributed by atoms with E-state index in [4.69, 9.17) is 17.2 Å². The molecule has 22 heavy (non-hydrogen) atoms. The fourth-order valence-corrected chi connectivity index (χ4v) is 2.15. The van der Waals surface area contributed by atoms with Gasteiger partial charge in [-0.1, -0.05) is 11.8 Å². The Morgan fingerprint density at radius 3 is 2.18 bits per heavy atom. The van der Waals surface area contributed by atoms with Crippen LogP contribution in [0.1, 0.15) is 10.4 Å². The summed E-state index contributed by atoms with van der Waals surface area (Å²) < 4.78 is 0. The summed E-state index contributed by atoms with van der Waals surface area (Å²) in [5.41, 5.74) is 16.9. The zero-order chi connectivity index (χ0) is 16.1. The van der Waals surface area contributed by atoms with Crippen LogP contribution in [0.5, 0.6) is 0 Å². The van der Waals surface area contributed by atoms with Crippen LogP contribution < -0.4 is 22.5 Å². The molecule has 0 unspecified atom stereocenters. The van der Waals surface area contributed by atoms with E-state index in [0.717, 1.165) is 11.8 Å². The number of nitrogens with two attached hydrogens (primary N) is 3. The predicted molar refractivity (Wildman–Crippen MR) is 83.0 cm³/mol. The molecule has 1 aromatic carbocycles. The van der Waals surface area contributed by atoms with Crippen molar-refractivity contribution in [2.75, 3.05) is 22.5 Å². The lowest BCUT2D eigenvalue weighted by atomic mass is 10.2. The maximum Gasteiger partial charge on any atom is 0.248 e. The minimum absolute atomic E-state index is 0.00236. The molecular weight excluding hydrogens is 306 g/mol. The standard InChI is InChI=1S/C12H13N7O2S/c13-9(21)6-1-3-7(4-2-6)16-8(20)5-22-12-18-10(14)17-11(15)19-12/h1-4H,5H2,(H2,13,21)(H,16,20)(H4,14,15,17,18,19). The van der Waals surface area contributed by atoms with Crippen molar-refractivity contribution < 1.29 is 9.59 Å². The van der Waals surface area contributed by atoms with Gasteiger partial charge in [0.05, 0.1) is 5.75 Å². The number of carbonyl (C=O) groups excluding carboxylic acids is 2. The van der Waals surface area contributed by atoms with Crippen LogP contribution in [0, 0.1) is 0 Å². The molecule has 0 saturated carbocycles. The number of nitrogen functional groups attached to an aromatic ring is 2. The molecule has 2 aromatic rings.